The number of pyridine rings is 1. The first-order valence-corrected chi connectivity index (χ1v) is 5.99. The first kappa shape index (κ1) is 11.8. The molecule has 2 rings (SSSR count). The topological polar surface area (TPSA) is 36.4 Å². The number of nitrogens with zero attached hydrogens (tertiary/aromatic N) is 2. The van der Waals surface area contributed by atoms with Crippen molar-refractivity contribution in [3.8, 4) is 0 Å². The third-order valence-corrected chi connectivity index (χ3v) is 3.40. The van der Waals surface area contributed by atoms with E-state index in [2.05, 4.69) is 16.9 Å². The van der Waals surface area contributed by atoms with Gasteiger partial charge >= 0.3 is 0 Å². The number of aliphatic hydroxyl groups excluding tert-OH is 1. The Bertz CT molecular complexity index is 353. The molecule has 3 nitrogen and oxygen atoms in total. The van der Waals surface area contributed by atoms with Crippen LogP contribution in [-0.2, 0) is 6.54 Å². The van der Waals surface area contributed by atoms with E-state index < -0.39 is 0 Å². The van der Waals surface area contributed by atoms with E-state index in [0.717, 1.165) is 31.5 Å². The number of rotatable bonds is 4. The molecule has 0 spiro atoms. The van der Waals surface area contributed by atoms with Gasteiger partial charge in [-0.05, 0) is 31.9 Å². The van der Waals surface area contributed by atoms with E-state index in [1.807, 2.05) is 12.1 Å². The molecule has 1 aromatic rings. The van der Waals surface area contributed by atoms with Gasteiger partial charge in [0, 0.05) is 24.8 Å². The van der Waals surface area contributed by atoms with Crippen LogP contribution in [0.15, 0.2) is 18.3 Å². The van der Waals surface area contributed by atoms with Crippen molar-refractivity contribution in [2.24, 2.45) is 5.92 Å². The van der Waals surface area contributed by atoms with E-state index in [-0.39, 0.29) is 6.10 Å². The molecular formula is C12H17ClN2O. The first-order chi connectivity index (χ1) is 7.65. The number of halogens is 1. The van der Waals surface area contributed by atoms with Gasteiger partial charge in [0.2, 0.25) is 0 Å². The minimum Gasteiger partial charge on any atom is -0.393 e. The Balaban J connectivity index is 1.83. The molecule has 1 saturated carbocycles. The molecule has 1 heterocycles. The number of aromatic nitrogens is 1. The van der Waals surface area contributed by atoms with Gasteiger partial charge in [0.1, 0.15) is 5.15 Å². The highest BCUT2D eigenvalue weighted by Crippen LogP contribution is 2.28. The van der Waals surface area contributed by atoms with Gasteiger partial charge in [-0.2, -0.15) is 0 Å². The van der Waals surface area contributed by atoms with E-state index in [1.165, 1.54) is 0 Å². The lowest BCUT2D eigenvalue weighted by molar-refractivity contribution is 0.0274. The van der Waals surface area contributed by atoms with Crippen molar-refractivity contribution in [3.05, 3.63) is 29.0 Å². The van der Waals surface area contributed by atoms with E-state index in [9.17, 15) is 5.11 Å². The molecule has 0 aromatic carbocycles. The molecule has 1 fully saturated rings. The van der Waals surface area contributed by atoms with Crippen LogP contribution in [0, 0.1) is 5.92 Å². The van der Waals surface area contributed by atoms with Gasteiger partial charge in [-0.3, -0.25) is 0 Å². The second kappa shape index (κ2) is 5.13. The molecule has 88 valence electrons. The normalized spacial score (nSPS) is 24.5. The molecule has 1 aromatic heterocycles. The zero-order valence-electron chi connectivity index (χ0n) is 9.43. The number of aliphatic hydroxyl groups is 1. The highest BCUT2D eigenvalue weighted by Gasteiger charge is 2.27. The summed E-state index contributed by atoms with van der Waals surface area (Å²) in [6.45, 7) is 1.83. The van der Waals surface area contributed by atoms with Crippen LogP contribution in [0.4, 0.5) is 0 Å². The average molecular weight is 241 g/mol. The summed E-state index contributed by atoms with van der Waals surface area (Å²) in [4.78, 5) is 6.29. The molecule has 0 atom stereocenters. The van der Waals surface area contributed by atoms with Crippen molar-refractivity contribution >= 4 is 11.6 Å². The number of hydrogen-bond acceptors (Lipinski definition) is 3. The maximum atomic E-state index is 9.22. The van der Waals surface area contributed by atoms with Gasteiger partial charge in [0.05, 0.1) is 6.10 Å². The predicted octanol–water partition coefficient (Wildman–Crippen LogP) is 1.94. The largest absolute Gasteiger partial charge is 0.393 e. The van der Waals surface area contributed by atoms with Crippen LogP contribution in [0.25, 0.3) is 0 Å². The van der Waals surface area contributed by atoms with Crippen molar-refractivity contribution in [2.75, 3.05) is 13.6 Å². The Morgan fingerprint density at radius 3 is 2.94 bits per heavy atom. The second-order valence-corrected chi connectivity index (χ2v) is 5.00. The minimum atomic E-state index is -0.0691. The van der Waals surface area contributed by atoms with Crippen LogP contribution < -0.4 is 0 Å². The maximum absolute atomic E-state index is 9.22. The summed E-state index contributed by atoms with van der Waals surface area (Å²) >= 11 is 6.00. The lowest BCUT2D eigenvalue weighted by atomic mass is 9.82. The molecule has 0 bridgehead atoms. The smallest absolute Gasteiger partial charge is 0.133 e. The zero-order chi connectivity index (χ0) is 11.5. The third-order valence-electron chi connectivity index (χ3n) is 3.06. The van der Waals surface area contributed by atoms with Crippen LogP contribution >= 0.6 is 11.6 Å². The highest BCUT2D eigenvalue weighted by atomic mass is 35.5. The minimum absolute atomic E-state index is 0.0691. The van der Waals surface area contributed by atoms with Crippen molar-refractivity contribution in [1.29, 1.82) is 0 Å². The molecule has 0 amide bonds. The van der Waals surface area contributed by atoms with Gasteiger partial charge < -0.3 is 10.0 Å². The molecular weight excluding hydrogens is 224 g/mol. The van der Waals surface area contributed by atoms with Gasteiger partial charge in [-0.1, -0.05) is 17.7 Å². The standard InChI is InChI=1S/C12H17ClN2O/c1-15(7-9-5-11(16)6-9)8-10-3-2-4-14-12(10)13/h2-4,9,11,16H,5-8H2,1H3. The average Bonchev–Trinajstić information content (AvgIpc) is 2.19. The molecule has 0 saturated heterocycles. The molecule has 0 unspecified atom stereocenters. The lowest BCUT2D eigenvalue weighted by Crippen LogP contribution is -2.36. The zero-order valence-corrected chi connectivity index (χ0v) is 10.2. The fourth-order valence-corrected chi connectivity index (χ4v) is 2.36. The first-order valence-electron chi connectivity index (χ1n) is 5.61. The molecule has 0 aliphatic heterocycles. The van der Waals surface area contributed by atoms with Crippen molar-refractivity contribution in [2.45, 2.75) is 25.5 Å². The van der Waals surface area contributed by atoms with Crippen LogP contribution in [0.3, 0.4) is 0 Å². The van der Waals surface area contributed by atoms with Gasteiger partial charge in [0.15, 0.2) is 0 Å². The van der Waals surface area contributed by atoms with Gasteiger partial charge in [-0.15, -0.1) is 0 Å². The summed E-state index contributed by atoms with van der Waals surface area (Å²) in [7, 11) is 2.08. The fraction of sp³-hybridized carbons (Fsp3) is 0.583. The third kappa shape index (κ3) is 2.94. The van der Waals surface area contributed by atoms with Crippen LogP contribution in [0.2, 0.25) is 5.15 Å². The summed E-state index contributed by atoms with van der Waals surface area (Å²) in [6.07, 6.45) is 3.50. The van der Waals surface area contributed by atoms with Crippen molar-refractivity contribution in [3.63, 3.8) is 0 Å². The Kier molecular flexibility index (Phi) is 3.79. The molecule has 1 aliphatic carbocycles. The molecule has 1 aliphatic rings. The van der Waals surface area contributed by atoms with Crippen LogP contribution in [-0.4, -0.2) is 34.7 Å². The van der Waals surface area contributed by atoms with Crippen molar-refractivity contribution in [1.82, 2.24) is 9.88 Å². The van der Waals surface area contributed by atoms with E-state index in [4.69, 9.17) is 11.6 Å². The van der Waals surface area contributed by atoms with E-state index in [1.54, 1.807) is 6.20 Å². The highest BCUT2D eigenvalue weighted by molar-refractivity contribution is 6.30. The van der Waals surface area contributed by atoms with Crippen LogP contribution in [0.1, 0.15) is 18.4 Å². The van der Waals surface area contributed by atoms with Gasteiger partial charge in [-0.25, -0.2) is 4.98 Å². The molecule has 16 heavy (non-hydrogen) atoms. The Labute approximate surface area is 101 Å². The Hall–Kier alpha value is -0.640. The van der Waals surface area contributed by atoms with Gasteiger partial charge in [0.25, 0.3) is 0 Å². The SMILES string of the molecule is CN(Cc1cccnc1Cl)CC1CC(O)C1. The fourth-order valence-electron chi connectivity index (χ4n) is 2.18. The summed E-state index contributed by atoms with van der Waals surface area (Å²) in [5.41, 5.74) is 1.06. The monoisotopic (exact) mass is 240 g/mol. The summed E-state index contributed by atoms with van der Waals surface area (Å²) in [5, 5.41) is 9.80. The van der Waals surface area contributed by atoms with E-state index in [0.29, 0.717) is 11.1 Å². The van der Waals surface area contributed by atoms with E-state index >= 15 is 0 Å². The maximum Gasteiger partial charge on any atom is 0.133 e. The van der Waals surface area contributed by atoms with Crippen molar-refractivity contribution < 1.29 is 5.11 Å². The van der Waals surface area contributed by atoms with Crippen LogP contribution in [0.5, 0.6) is 0 Å². The number of hydrogen-bond donors (Lipinski definition) is 1. The summed E-state index contributed by atoms with van der Waals surface area (Å²) < 4.78 is 0. The quantitative estimate of drug-likeness (QED) is 0.818. The molecule has 1 N–H and O–H groups in total. The summed E-state index contributed by atoms with van der Waals surface area (Å²) in [5.74, 6) is 0.635. The molecule has 0 radical (unpaired) electrons. The second-order valence-electron chi connectivity index (χ2n) is 4.64. The summed E-state index contributed by atoms with van der Waals surface area (Å²) in [6, 6.07) is 3.91. The predicted molar refractivity (Wildman–Crippen MR) is 64.3 cm³/mol. The molecule has 4 heteroatoms. The Morgan fingerprint density at radius 2 is 2.31 bits per heavy atom. The lowest BCUT2D eigenvalue weighted by Gasteiger charge is -2.34. The Morgan fingerprint density at radius 1 is 1.56 bits per heavy atom.